The summed E-state index contributed by atoms with van der Waals surface area (Å²) in [4.78, 5) is 47.7. The number of rotatable bonds is 7. The van der Waals surface area contributed by atoms with Crippen molar-refractivity contribution in [3.05, 3.63) is 86.7 Å². The minimum atomic E-state index is -0.966. The molecule has 10 nitrogen and oxygen atoms in total. The quantitative estimate of drug-likeness (QED) is 0.203. The molecule has 3 aromatic rings. The lowest BCUT2D eigenvalue weighted by molar-refractivity contribution is -0.139. The van der Waals surface area contributed by atoms with Crippen LogP contribution < -0.4 is 21.4 Å². The maximum atomic E-state index is 12.0. The minimum absolute atomic E-state index is 0.0824. The van der Waals surface area contributed by atoms with Crippen molar-refractivity contribution in [1.82, 2.24) is 16.1 Å². The summed E-state index contributed by atoms with van der Waals surface area (Å²) in [7, 11) is 0. The second kappa shape index (κ2) is 12.7. The Morgan fingerprint density at radius 1 is 0.778 bits per heavy atom. The lowest BCUT2D eigenvalue weighted by Gasteiger charge is -2.06. The Kier molecular flexibility index (Phi) is 9.46. The topological polar surface area (TPSA) is 142 Å². The summed E-state index contributed by atoms with van der Waals surface area (Å²) in [5.41, 5.74) is 3.16. The molecule has 0 spiro atoms. The molecule has 36 heavy (non-hydrogen) atoms. The van der Waals surface area contributed by atoms with Crippen molar-refractivity contribution in [3.8, 4) is 0 Å². The predicted octanol–water partition coefficient (Wildman–Crippen LogP) is 3.26. The Labute approximate surface area is 220 Å². The van der Waals surface area contributed by atoms with Crippen molar-refractivity contribution in [1.29, 1.82) is 0 Å². The van der Waals surface area contributed by atoms with Gasteiger partial charge in [0, 0.05) is 17.3 Å². The molecule has 1 heterocycles. The standard InChI is InChI=1S/C23H18Cl3N5O5/c24-14-3-1-13(2-4-14)10-27-21(33)23(35)31-29-12-17-7-6-16(36-17)11-28-20(32)22(34)30-15-5-8-18(25)19(26)9-15/h1-9,12H,10-11H2,(H,27,33)(H,28,32)(H,30,34)(H,31,35)/b29-12+. The molecule has 0 aliphatic rings. The van der Waals surface area contributed by atoms with Gasteiger partial charge >= 0.3 is 23.6 Å². The number of benzene rings is 2. The molecule has 0 aliphatic carbocycles. The smallest absolute Gasteiger partial charge is 0.329 e. The molecule has 4 amide bonds. The van der Waals surface area contributed by atoms with Crippen molar-refractivity contribution in [2.24, 2.45) is 5.10 Å². The average molecular weight is 551 g/mol. The molecule has 2 aromatic carbocycles. The van der Waals surface area contributed by atoms with E-state index in [4.69, 9.17) is 39.2 Å². The lowest BCUT2D eigenvalue weighted by Crippen LogP contribution is -2.37. The molecule has 0 aliphatic heterocycles. The van der Waals surface area contributed by atoms with Gasteiger partial charge in [-0.25, -0.2) is 5.43 Å². The molecular formula is C23H18Cl3N5O5. The summed E-state index contributed by atoms with van der Waals surface area (Å²) in [5, 5.41) is 12.0. The van der Waals surface area contributed by atoms with E-state index in [0.29, 0.717) is 21.5 Å². The largest absolute Gasteiger partial charge is 0.458 e. The molecule has 1 aromatic heterocycles. The van der Waals surface area contributed by atoms with Gasteiger partial charge in [-0.05, 0) is 48.0 Å². The molecule has 0 unspecified atom stereocenters. The van der Waals surface area contributed by atoms with Gasteiger partial charge in [0.1, 0.15) is 11.5 Å². The fourth-order valence-electron chi connectivity index (χ4n) is 2.64. The van der Waals surface area contributed by atoms with E-state index in [0.717, 1.165) is 5.56 Å². The van der Waals surface area contributed by atoms with Gasteiger partial charge in [-0.1, -0.05) is 46.9 Å². The molecule has 0 saturated carbocycles. The SMILES string of the molecule is O=C(NCc1ccc(Cl)cc1)C(=O)N/N=C/c1ccc(CNC(=O)C(=O)Nc2ccc(Cl)c(Cl)c2)o1. The highest BCUT2D eigenvalue weighted by Crippen LogP contribution is 2.24. The Morgan fingerprint density at radius 3 is 2.19 bits per heavy atom. The van der Waals surface area contributed by atoms with Crippen molar-refractivity contribution >= 4 is 70.3 Å². The number of hydrogen-bond acceptors (Lipinski definition) is 6. The molecular weight excluding hydrogens is 533 g/mol. The number of carbonyl (C=O) groups is 4. The van der Waals surface area contributed by atoms with E-state index in [1.165, 1.54) is 30.5 Å². The van der Waals surface area contributed by atoms with E-state index in [1.54, 1.807) is 30.3 Å². The van der Waals surface area contributed by atoms with Crippen LogP contribution in [-0.2, 0) is 32.3 Å². The highest BCUT2D eigenvalue weighted by molar-refractivity contribution is 6.43. The molecule has 0 radical (unpaired) electrons. The summed E-state index contributed by atoms with van der Waals surface area (Å²) in [6, 6.07) is 14.2. The molecule has 13 heteroatoms. The van der Waals surface area contributed by atoms with E-state index < -0.39 is 23.6 Å². The first-order valence-electron chi connectivity index (χ1n) is 10.2. The second-order valence-corrected chi connectivity index (χ2v) is 8.33. The van der Waals surface area contributed by atoms with Crippen molar-refractivity contribution < 1.29 is 23.6 Å². The highest BCUT2D eigenvalue weighted by Gasteiger charge is 2.15. The first-order chi connectivity index (χ1) is 17.2. The zero-order valence-corrected chi connectivity index (χ0v) is 20.6. The van der Waals surface area contributed by atoms with Gasteiger partial charge in [0.15, 0.2) is 0 Å². The Morgan fingerprint density at radius 2 is 1.47 bits per heavy atom. The summed E-state index contributed by atoms with van der Waals surface area (Å²) < 4.78 is 5.43. The zero-order chi connectivity index (χ0) is 26.1. The van der Waals surface area contributed by atoms with Gasteiger partial charge in [-0.15, -0.1) is 0 Å². The van der Waals surface area contributed by atoms with Crippen LogP contribution in [0.25, 0.3) is 0 Å². The van der Waals surface area contributed by atoms with Crippen LogP contribution in [0, 0.1) is 0 Å². The predicted molar refractivity (Wildman–Crippen MR) is 135 cm³/mol. The molecule has 0 atom stereocenters. The van der Waals surface area contributed by atoms with Crippen molar-refractivity contribution in [2.75, 3.05) is 5.32 Å². The fraction of sp³-hybridized carbons (Fsp3) is 0.0870. The van der Waals surface area contributed by atoms with Gasteiger partial charge in [0.05, 0.1) is 22.8 Å². The highest BCUT2D eigenvalue weighted by atomic mass is 35.5. The summed E-state index contributed by atoms with van der Waals surface area (Å²) >= 11 is 17.5. The van der Waals surface area contributed by atoms with Crippen LogP contribution in [0.15, 0.2) is 64.1 Å². The van der Waals surface area contributed by atoms with E-state index in [2.05, 4.69) is 26.5 Å². The Bertz CT molecular complexity index is 1310. The van der Waals surface area contributed by atoms with Crippen LogP contribution in [0.1, 0.15) is 17.1 Å². The third-order valence-electron chi connectivity index (χ3n) is 4.42. The summed E-state index contributed by atoms with van der Waals surface area (Å²) in [5.74, 6) is -3.08. The monoisotopic (exact) mass is 549 g/mol. The van der Waals surface area contributed by atoms with Gasteiger partial charge in [-0.3, -0.25) is 19.2 Å². The van der Waals surface area contributed by atoms with Gasteiger partial charge in [-0.2, -0.15) is 5.10 Å². The van der Waals surface area contributed by atoms with Crippen LogP contribution in [-0.4, -0.2) is 29.8 Å². The molecule has 0 bridgehead atoms. The molecule has 4 N–H and O–H groups in total. The number of halogens is 3. The van der Waals surface area contributed by atoms with Crippen LogP contribution in [0.5, 0.6) is 0 Å². The van der Waals surface area contributed by atoms with Crippen molar-refractivity contribution in [3.63, 3.8) is 0 Å². The number of nitrogens with one attached hydrogen (secondary N) is 4. The zero-order valence-electron chi connectivity index (χ0n) is 18.3. The number of carbonyl (C=O) groups excluding carboxylic acids is 4. The maximum absolute atomic E-state index is 12.0. The summed E-state index contributed by atoms with van der Waals surface area (Å²) in [6.07, 6.45) is 1.17. The van der Waals surface area contributed by atoms with E-state index in [1.807, 2.05) is 0 Å². The maximum Gasteiger partial charge on any atom is 0.329 e. The Hall–Kier alpha value is -3.86. The average Bonchev–Trinajstić information content (AvgIpc) is 3.31. The fourth-order valence-corrected chi connectivity index (χ4v) is 3.06. The van der Waals surface area contributed by atoms with Gasteiger partial charge < -0.3 is 20.4 Å². The van der Waals surface area contributed by atoms with Crippen LogP contribution in [0.4, 0.5) is 5.69 Å². The van der Waals surface area contributed by atoms with E-state index in [-0.39, 0.29) is 23.9 Å². The van der Waals surface area contributed by atoms with Gasteiger partial charge in [0.2, 0.25) is 0 Å². The molecule has 0 saturated heterocycles. The Balaban J connectivity index is 1.40. The first kappa shape index (κ1) is 26.7. The minimum Gasteiger partial charge on any atom is -0.458 e. The molecule has 3 rings (SSSR count). The third-order valence-corrected chi connectivity index (χ3v) is 5.41. The van der Waals surface area contributed by atoms with Crippen LogP contribution in [0.3, 0.4) is 0 Å². The number of hydrazone groups is 1. The van der Waals surface area contributed by atoms with Crippen molar-refractivity contribution in [2.45, 2.75) is 13.1 Å². The van der Waals surface area contributed by atoms with Gasteiger partial charge in [0.25, 0.3) is 0 Å². The lowest BCUT2D eigenvalue weighted by atomic mass is 10.2. The number of anilines is 1. The normalized spacial score (nSPS) is 10.6. The number of nitrogens with zero attached hydrogens (tertiary/aromatic N) is 1. The van der Waals surface area contributed by atoms with Crippen LogP contribution >= 0.6 is 34.8 Å². The third kappa shape index (κ3) is 8.12. The first-order valence-corrected chi connectivity index (χ1v) is 11.3. The van der Waals surface area contributed by atoms with E-state index >= 15 is 0 Å². The number of hydrogen-bond donors (Lipinski definition) is 4. The van der Waals surface area contributed by atoms with Crippen LogP contribution in [0.2, 0.25) is 15.1 Å². The molecule has 0 fully saturated rings. The van der Waals surface area contributed by atoms with E-state index in [9.17, 15) is 19.2 Å². The number of furan rings is 1. The summed E-state index contributed by atoms with van der Waals surface area (Å²) in [6.45, 7) is 0.0623. The second-order valence-electron chi connectivity index (χ2n) is 7.08. The molecule has 186 valence electrons. The number of amides is 4.